The molecule has 1 atom stereocenters. The van der Waals surface area contributed by atoms with Gasteiger partial charge in [0.1, 0.15) is 0 Å². The Morgan fingerprint density at radius 2 is 2.24 bits per heavy atom. The first kappa shape index (κ1) is 16.9. The Bertz CT molecular complexity index is 561. The molecule has 1 saturated heterocycles. The molecule has 0 radical (unpaired) electrons. The van der Waals surface area contributed by atoms with Crippen molar-refractivity contribution >= 4 is 21.4 Å². The minimum atomic E-state index is -3.46. The molecule has 2 rings (SSSR count). The number of aryl methyl sites for hydroxylation is 1. The first-order valence-corrected chi connectivity index (χ1v) is 9.61. The molecule has 2 N–H and O–H groups in total. The number of nitrogens with one attached hydrogen (secondary N) is 2. The number of ether oxygens (including phenoxy) is 1. The lowest BCUT2D eigenvalue weighted by Crippen LogP contribution is -2.40. The molecule has 1 aliphatic rings. The molecule has 0 aliphatic carbocycles. The predicted molar refractivity (Wildman–Crippen MR) is 85.2 cm³/mol. The minimum Gasteiger partial charge on any atom is -0.380 e. The molecule has 0 bridgehead atoms. The van der Waals surface area contributed by atoms with Crippen LogP contribution in [0.1, 0.15) is 36.4 Å². The summed E-state index contributed by atoms with van der Waals surface area (Å²) in [6.07, 6.45) is 1.74. The van der Waals surface area contributed by atoms with Crippen LogP contribution in [0.4, 0.5) is 0 Å². The largest absolute Gasteiger partial charge is 0.380 e. The van der Waals surface area contributed by atoms with Crippen molar-refractivity contribution in [2.24, 2.45) is 0 Å². The van der Waals surface area contributed by atoms with E-state index in [0.29, 0.717) is 24.1 Å². The van der Waals surface area contributed by atoms with Crippen LogP contribution >= 0.6 is 11.3 Å². The van der Waals surface area contributed by atoms with Crippen molar-refractivity contribution in [1.82, 2.24) is 10.0 Å². The molecule has 7 heteroatoms. The molecule has 21 heavy (non-hydrogen) atoms. The Hall–Kier alpha value is -0.470. The van der Waals surface area contributed by atoms with E-state index in [1.807, 2.05) is 6.92 Å². The summed E-state index contributed by atoms with van der Waals surface area (Å²) in [4.78, 5) is 2.28. The summed E-state index contributed by atoms with van der Waals surface area (Å²) in [5, 5.41) is 3.31. The van der Waals surface area contributed by atoms with Gasteiger partial charge in [0.05, 0.1) is 11.5 Å². The highest BCUT2D eigenvalue weighted by atomic mass is 32.2. The number of hydrogen-bond acceptors (Lipinski definition) is 5. The highest BCUT2D eigenvalue weighted by molar-refractivity contribution is 7.89. The van der Waals surface area contributed by atoms with Gasteiger partial charge in [-0.2, -0.15) is 0 Å². The third kappa shape index (κ3) is 4.75. The van der Waals surface area contributed by atoms with Gasteiger partial charge >= 0.3 is 0 Å². The molecule has 0 amide bonds. The van der Waals surface area contributed by atoms with E-state index in [9.17, 15) is 8.42 Å². The highest BCUT2D eigenvalue weighted by Gasteiger charge is 2.25. The Kier molecular flexibility index (Phi) is 5.79. The second-order valence-electron chi connectivity index (χ2n) is 5.70. The maximum absolute atomic E-state index is 12.5. The van der Waals surface area contributed by atoms with Crippen molar-refractivity contribution in [3.05, 3.63) is 15.8 Å². The van der Waals surface area contributed by atoms with Gasteiger partial charge in [-0.05, 0) is 25.8 Å². The summed E-state index contributed by atoms with van der Waals surface area (Å²) in [7, 11) is -3.46. The van der Waals surface area contributed by atoms with Crippen LogP contribution in [0, 0.1) is 6.92 Å². The Morgan fingerprint density at radius 1 is 1.48 bits per heavy atom. The van der Waals surface area contributed by atoms with E-state index in [4.69, 9.17) is 4.74 Å². The summed E-state index contributed by atoms with van der Waals surface area (Å²) >= 11 is 1.53. The topological polar surface area (TPSA) is 67.4 Å². The van der Waals surface area contributed by atoms with Crippen LogP contribution in [-0.2, 0) is 21.3 Å². The average Bonchev–Trinajstić information content (AvgIpc) is 2.79. The van der Waals surface area contributed by atoms with Gasteiger partial charge in [-0.25, -0.2) is 13.1 Å². The van der Waals surface area contributed by atoms with Crippen LogP contribution in [0.2, 0.25) is 0 Å². The highest BCUT2D eigenvalue weighted by Crippen LogP contribution is 2.26. The van der Waals surface area contributed by atoms with E-state index >= 15 is 0 Å². The SMILES string of the molecule is Cc1sc(CNC(C)C)cc1S(=O)(=O)NC1CCCOC1. The fourth-order valence-corrected chi connectivity index (χ4v) is 5.14. The van der Waals surface area contributed by atoms with E-state index in [0.717, 1.165) is 29.2 Å². The lowest BCUT2D eigenvalue weighted by Gasteiger charge is -2.22. The molecule has 1 aromatic heterocycles. The lowest BCUT2D eigenvalue weighted by atomic mass is 10.1. The molecule has 1 aliphatic heterocycles. The predicted octanol–water partition coefficient (Wildman–Crippen LogP) is 2.01. The third-order valence-electron chi connectivity index (χ3n) is 3.38. The second-order valence-corrected chi connectivity index (χ2v) is 8.73. The molecule has 1 fully saturated rings. The lowest BCUT2D eigenvalue weighted by molar-refractivity contribution is 0.0774. The fourth-order valence-electron chi connectivity index (χ4n) is 2.30. The smallest absolute Gasteiger partial charge is 0.242 e. The zero-order valence-corrected chi connectivity index (χ0v) is 14.4. The molecular formula is C14H24N2O3S2. The maximum Gasteiger partial charge on any atom is 0.242 e. The Morgan fingerprint density at radius 3 is 2.86 bits per heavy atom. The van der Waals surface area contributed by atoms with Crippen molar-refractivity contribution in [2.75, 3.05) is 13.2 Å². The standard InChI is InChI=1S/C14H24N2O3S2/c1-10(2)15-8-13-7-14(11(3)20-13)21(17,18)16-12-5-4-6-19-9-12/h7,10,12,15-16H,4-6,8-9H2,1-3H3. The van der Waals surface area contributed by atoms with Gasteiger partial charge in [0.15, 0.2) is 0 Å². The molecule has 2 heterocycles. The molecule has 0 spiro atoms. The Labute approximate surface area is 131 Å². The average molecular weight is 332 g/mol. The van der Waals surface area contributed by atoms with Crippen molar-refractivity contribution in [1.29, 1.82) is 0 Å². The maximum atomic E-state index is 12.5. The van der Waals surface area contributed by atoms with Crippen molar-refractivity contribution in [2.45, 2.75) is 57.1 Å². The van der Waals surface area contributed by atoms with Gasteiger partial charge < -0.3 is 10.1 Å². The molecule has 0 saturated carbocycles. The molecular weight excluding hydrogens is 308 g/mol. The summed E-state index contributed by atoms with van der Waals surface area (Å²) < 4.78 is 33.1. The summed E-state index contributed by atoms with van der Waals surface area (Å²) in [6.45, 7) is 7.89. The van der Waals surface area contributed by atoms with Gasteiger partial charge in [0, 0.05) is 35.0 Å². The molecule has 0 aromatic carbocycles. The first-order valence-electron chi connectivity index (χ1n) is 7.31. The summed E-state index contributed by atoms with van der Waals surface area (Å²) in [5.41, 5.74) is 0. The van der Waals surface area contributed by atoms with Crippen LogP contribution in [0.3, 0.4) is 0 Å². The first-order chi connectivity index (χ1) is 9.88. The van der Waals surface area contributed by atoms with E-state index in [2.05, 4.69) is 23.9 Å². The van der Waals surface area contributed by atoms with Crippen LogP contribution in [0.25, 0.3) is 0 Å². The number of hydrogen-bond donors (Lipinski definition) is 2. The second kappa shape index (κ2) is 7.19. The van der Waals surface area contributed by atoms with Crippen molar-refractivity contribution in [3.8, 4) is 0 Å². The van der Waals surface area contributed by atoms with E-state index in [-0.39, 0.29) is 6.04 Å². The zero-order chi connectivity index (χ0) is 15.5. The monoisotopic (exact) mass is 332 g/mol. The Balaban J connectivity index is 2.08. The van der Waals surface area contributed by atoms with Crippen molar-refractivity contribution < 1.29 is 13.2 Å². The number of thiophene rings is 1. The van der Waals surface area contributed by atoms with Gasteiger partial charge in [0.25, 0.3) is 0 Å². The molecule has 1 unspecified atom stereocenters. The van der Waals surface area contributed by atoms with E-state index < -0.39 is 10.0 Å². The number of rotatable bonds is 6. The quantitative estimate of drug-likeness (QED) is 0.836. The van der Waals surface area contributed by atoms with Crippen LogP contribution in [-0.4, -0.2) is 33.7 Å². The van der Waals surface area contributed by atoms with E-state index in [1.54, 1.807) is 6.07 Å². The van der Waals surface area contributed by atoms with Crippen LogP contribution < -0.4 is 10.0 Å². The summed E-state index contributed by atoms with van der Waals surface area (Å²) in [6, 6.07) is 2.05. The van der Waals surface area contributed by atoms with Crippen LogP contribution in [0.5, 0.6) is 0 Å². The fraction of sp³-hybridized carbons (Fsp3) is 0.714. The van der Waals surface area contributed by atoms with Crippen LogP contribution in [0.15, 0.2) is 11.0 Å². The third-order valence-corrected chi connectivity index (χ3v) is 6.21. The molecule has 120 valence electrons. The minimum absolute atomic E-state index is 0.111. The molecule has 5 nitrogen and oxygen atoms in total. The van der Waals surface area contributed by atoms with Gasteiger partial charge in [0.2, 0.25) is 10.0 Å². The van der Waals surface area contributed by atoms with Gasteiger partial charge in [-0.15, -0.1) is 11.3 Å². The number of sulfonamides is 1. The summed E-state index contributed by atoms with van der Waals surface area (Å²) in [5.74, 6) is 0. The van der Waals surface area contributed by atoms with Gasteiger partial charge in [-0.3, -0.25) is 0 Å². The normalized spacial score (nSPS) is 20.1. The van der Waals surface area contributed by atoms with E-state index in [1.165, 1.54) is 11.3 Å². The van der Waals surface area contributed by atoms with Gasteiger partial charge in [-0.1, -0.05) is 13.8 Å². The molecule has 1 aromatic rings. The van der Waals surface area contributed by atoms with Crippen molar-refractivity contribution in [3.63, 3.8) is 0 Å². The zero-order valence-electron chi connectivity index (χ0n) is 12.8.